The molecule has 0 spiro atoms. The lowest BCUT2D eigenvalue weighted by molar-refractivity contribution is 0.373. The highest BCUT2D eigenvalue weighted by Crippen LogP contribution is 2.28. The molecule has 0 aliphatic rings. The van der Waals surface area contributed by atoms with Gasteiger partial charge in [-0.2, -0.15) is 4.98 Å². The Morgan fingerprint density at radius 3 is 2.54 bits per heavy atom. The summed E-state index contributed by atoms with van der Waals surface area (Å²) in [4.78, 5) is 6.71. The number of aromatic nitrogens is 2. The number of hydrogen-bond acceptors (Lipinski definition) is 6. The predicted molar refractivity (Wildman–Crippen MR) is 106 cm³/mol. The highest BCUT2D eigenvalue weighted by atomic mass is 16.5. The predicted octanol–water partition coefficient (Wildman–Crippen LogP) is 4.85. The third-order valence-electron chi connectivity index (χ3n) is 4.47. The second-order valence-electron chi connectivity index (χ2n) is 6.48. The molecule has 0 unspecified atom stereocenters. The van der Waals surface area contributed by atoms with Gasteiger partial charge in [-0.3, -0.25) is 0 Å². The first-order valence-corrected chi connectivity index (χ1v) is 9.03. The van der Waals surface area contributed by atoms with Crippen LogP contribution in [-0.2, 0) is 13.1 Å². The molecule has 4 aromatic rings. The van der Waals surface area contributed by atoms with Crippen molar-refractivity contribution in [2.45, 2.75) is 20.0 Å². The van der Waals surface area contributed by atoms with Gasteiger partial charge in [0.25, 0.3) is 0 Å². The number of anilines is 1. The Balaban J connectivity index is 1.60. The van der Waals surface area contributed by atoms with E-state index in [1.807, 2.05) is 36.4 Å². The Morgan fingerprint density at radius 2 is 1.79 bits per heavy atom. The van der Waals surface area contributed by atoms with Gasteiger partial charge in [0.05, 0.1) is 32.0 Å². The van der Waals surface area contributed by atoms with Crippen molar-refractivity contribution in [2.24, 2.45) is 0 Å². The fraction of sp³-hybridized carbons (Fsp3) is 0.182. The molecule has 2 aromatic heterocycles. The molecule has 6 heteroatoms. The minimum absolute atomic E-state index is 0.464. The zero-order chi connectivity index (χ0) is 19.3. The Kier molecular flexibility index (Phi) is 5.10. The van der Waals surface area contributed by atoms with Crippen LogP contribution in [0.4, 0.5) is 5.69 Å². The molecule has 4 rings (SSSR count). The third kappa shape index (κ3) is 3.91. The third-order valence-corrected chi connectivity index (χ3v) is 4.47. The highest BCUT2D eigenvalue weighted by Gasteiger charge is 2.17. The van der Waals surface area contributed by atoms with Crippen LogP contribution in [0.3, 0.4) is 0 Å². The van der Waals surface area contributed by atoms with Gasteiger partial charge >= 0.3 is 0 Å². The zero-order valence-corrected chi connectivity index (χ0v) is 15.8. The van der Waals surface area contributed by atoms with Crippen molar-refractivity contribution in [1.29, 1.82) is 0 Å². The molecule has 0 aliphatic heterocycles. The first kappa shape index (κ1) is 17.9. The van der Waals surface area contributed by atoms with Gasteiger partial charge in [-0.1, -0.05) is 35.0 Å². The van der Waals surface area contributed by atoms with Crippen molar-refractivity contribution in [3.63, 3.8) is 0 Å². The van der Waals surface area contributed by atoms with Crippen molar-refractivity contribution >= 4 is 5.69 Å². The number of para-hydroxylation sites is 1. The van der Waals surface area contributed by atoms with Gasteiger partial charge in [0.1, 0.15) is 11.5 Å². The molecule has 0 atom stereocenters. The number of benzene rings is 2. The maximum absolute atomic E-state index is 5.53. The van der Waals surface area contributed by atoms with Crippen LogP contribution >= 0.6 is 0 Å². The van der Waals surface area contributed by atoms with E-state index in [4.69, 9.17) is 13.7 Å². The van der Waals surface area contributed by atoms with Crippen molar-refractivity contribution < 1.29 is 13.7 Å². The number of methoxy groups -OCH3 is 1. The zero-order valence-electron chi connectivity index (χ0n) is 15.8. The van der Waals surface area contributed by atoms with Crippen LogP contribution in [0.2, 0.25) is 0 Å². The molecule has 0 aliphatic carbocycles. The standard InChI is InChI=1S/C22H21N3O3/c1-16-9-11-17(12-10-16)25(14-18-6-5-13-27-18)15-21-23-22(24-28-21)19-7-3-4-8-20(19)26-2/h3-13H,14-15H2,1-2H3. The number of aryl methyl sites for hydroxylation is 1. The Bertz CT molecular complexity index is 1020. The molecule has 142 valence electrons. The van der Waals surface area contributed by atoms with Crippen molar-refractivity contribution in [1.82, 2.24) is 10.1 Å². The quantitative estimate of drug-likeness (QED) is 0.460. The van der Waals surface area contributed by atoms with Gasteiger partial charge in [0, 0.05) is 5.69 Å². The summed E-state index contributed by atoms with van der Waals surface area (Å²) < 4.78 is 16.4. The molecule has 0 bridgehead atoms. The molecule has 28 heavy (non-hydrogen) atoms. The number of nitrogens with zero attached hydrogens (tertiary/aromatic N) is 3. The molecule has 0 fully saturated rings. The maximum Gasteiger partial charge on any atom is 0.246 e. The Labute approximate surface area is 163 Å². The van der Waals surface area contributed by atoms with E-state index >= 15 is 0 Å². The van der Waals surface area contributed by atoms with Crippen molar-refractivity contribution in [3.05, 3.63) is 84.1 Å². The van der Waals surface area contributed by atoms with E-state index in [0.717, 1.165) is 17.0 Å². The monoisotopic (exact) mass is 375 g/mol. The normalized spacial score (nSPS) is 10.8. The summed E-state index contributed by atoms with van der Waals surface area (Å²) >= 11 is 0. The molecular weight excluding hydrogens is 354 g/mol. The van der Waals surface area contributed by atoms with Gasteiger partial charge in [0.2, 0.25) is 11.7 Å². The van der Waals surface area contributed by atoms with E-state index in [9.17, 15) is 0 Å². The first-order valence-electron chi connectivity index (χ1n) is 9.03. The summed E-state index contributed by atoms with van der Waals surface area (Å²) in [5.74, 6) is 2.60. The van der Waals surface area contributed by atoms with Crippen LogP contribution in [-0.4, -0.2) is 17.3 Å². The van der Waals surface area contributed by atoms with Crippen LogP contribution in [0.25, 0.3) is 11.4 Å². The molecule has 0 amide bonds. The number of furan rings is 1. The average Bonchev–Trinajstić information content (AvgIpc) is 3.40. The molecular formula is C22H21N3O3. The van der Waals surface area contributed by atoms with E-state index < -0.39 is 0 Å². The first-order chi connectivity index (χ1) is 13.7. The van der Waals surface area contributed by atoms with E-state index in [1.165, 1.54) is 5.56 Å². The summed E-state index contributed by atoms with van der Waals surface area (Å²) in [5, 5.41) is 4.14. The molecule has 0 N–H and O–H groups in total. The SMILES string of the molecule is COc1ccccc1-c1noc(CN(Cc2ccco2)c2ccc(C)cc2)n1. The summed E-state index contributed by atoms with van der Waals surface area (Å²) in [6.45, 7) is 3.13. The van der Waals surface area contributed by atoms with Crippen LogP contribution in [0.5, 0.6) is 5.75 Å². The van der Waals surface area contributed by atoms with E-state index in [1.54, 1.807) is 13.4 Å². The van der Waals surface area contributed by atoms with E-state index in [0.29, 0.717) is 30.6 Å². The summed E-state index contributed by atoms with van der Waals surface area (Å²) in [5.41, 5.74) is 3.06. The molecule has 2 aromatic carbocycles. The van der Waals surface area contributed by atoms with Gasteiger partial charge in [-0.25, -0.2) is 0 Å². The maximum atomic E-state index is 5.53. The van der Waals surface area contributed by atoms with Crippen LogP contribution < -0.4 is 9.64 Å². The summed E-state index contributed by atoms with van der Waals surface area (Å²) in [7, 11) is 1.63. The lowest BCUT2D eigenvalue weighted by Crippen LogP contribution is -2.22. The second-order valence-corrected chi connectivity index (χ2v) is 6.48. The van der Waals surface area contributed by atoms with E-state index in [-0.39, 0.29) is 0 Å². The minimum Gasteiger partial charge on any atom is -0.496 e. The molecule has 0 saturated carbocycles. The van der Waals surface area contributed by atoms with Gasteiger partial charge < -0.3 is 18.6 Å². The minimum atomic E-state index is 0.464. The Hall–Kier alpha value is -3.54. The lowest BCUT2D eigenvalue weighted by Gasteiger charge is -2.22. The van der Waals surface area contributed by atoms with Gasteiger partial charge in [-0.05, 0) is 43.3 Å². The van der Waals surface area contributed by atoms with Crippen LogP contribution in [0.1, 0.15) is 17.2 Å². The Morgan fingerprint density at radius 1 is 0.964 bits per heavy atom. The summed E-state index contributed by atoms with van der Waals surface area (Å²) in [6.07, 6.45) is 1.68. The topological polar surface area (TPSA) is 64.5 Å². The summed E-state index contributed by atoms with van der Waals surface area (Å²) in [6, 6.07) is 19.8. The van der Waals surface area contributed by atoms with Crippen molar-refractivity contribution in [3.8, 4) is 17.1 Å². The largest absolute Gasteiger partial charge is 0.496 e. The number of ether oxygens (including phenoxy) is 1. The fourth-order valence-electron chi connectivity index (χ4n) is 3.01. The van der Waals surface area contributed by atoms with Gasteiger partial charge in [-0.15, -0.1) is 0 Å². The molecule has 2 heterocycles. The highest BCUT2D eigenvalue weighted by molar-refractivity contribution is 5.63. The molecule has 0 radical (unpaired) electrons. The molecule has 6 nitrogen and oxygen atoms in total. The smallest absolute Gasteiger partial charge is 0.246 e. The lowest BCUT2D eigenvalue weighted by atomic mass is 10.2. The van der Waals surface area contributed by atoms with Crippen LogP contribution in [0, 0.1) is 6.92 Å². The van der Waals surface area contributed by atoms with Crippen LogP contribution in [0.15, 0.2) is 75.9 Å². The van der Waals surface area contributed by atoms with Crippen molar-refractivity contribution in [2.75, 3.05) is 12.0 Å². The van der Waals surface area contributed by atoms with E-state index in [2.05, 4.69) is 46.2 Å². The number of rotatable bonds is 7. The fourth-order valence-corrected chi connectivity index (χ4v) is 3.01. The average molecular weight is 375 g/mol. The number of hydrogen-bond donors (Lipinski definition) is 0. The molecule has 0 saturated heterocycles. The second kappa shape index (κ2) is 8.00. The van der Waals surface area contributed by atoms with Gasteiger partial charge in [0.15, 0.2) is 0 Å².